The molecule has 0 radical (unpaired) electrons. The lowest BCUT2D eigenvalue weighted by molar-refractivity contribution is -0.142. The summed E-state index contributed by atoms with van der Waals surface area (Å²) in [5, 5.41) is 2.66. The molecule has 0 saturated carbocycles. The van der Waals surface area contributed by atoms with Gasteiger partial charge in [-0.1, -0.05) is 12.1 Å². The quantitative estimate of drug-likeness (QED) is 0.638. The number of carbonyl (C=O) groups is 2. The van der Waals surface area contributed by atoms with Gasteiger partial charge in [0.25, 0.3) is 5.91 Å². The number of rotatable bonds is 5. The maximum Gasteiger partial charge on any atom is 0.328 e. The number of carbonyl (C=O) groups excluding carboxylic acids is 2. The Balaban J connectivity index is 2.11. The molecule has 2 rings (SSSR count). The summed E-state index contributed by atoms with van der Waals surface area (Å²) in [6, 6.07) is 9.60. The van der Waals surface area contributed by atoms with Gasteiger partial charge in [-0.15, -0.1) is 0 Å². The number of nitrogens with two attached hydrogens (primary N) is 1. The number of ether oxygens (including phenoxy) is 1. The molecule has 0 spiro atoms. The number of nitrogens with one attached hydrogen (secondary N) is 1. The summed E-state index contributed by atoms with van der Waals surface area (Å²) in [6.07, 6.45) is 3.33. The van der Waals surface area contributed by atoms with Crippen LogP contribution in [-0.4, -0.2) is 30.0 Å². The zero-order valence-electron chi connectivity index (χ0n) is 12.2. The predicted molar refractivity (Wildman–Crippen MR) is 82.1 cm³/mol. The molecule has 0 aliphatic heterocycles. The monoisotopic (exact) mass is 299 g/mol. The third-order valence-electron chi connectivity index (χ3n) is 3.13. The maximum absolute atomic E-state index is 12.1. The lowest BCUT2D eigenvalue weighted by Gasteiger charge is -2.16. The largest absolute Gasteiger partial charge is 0.467 e. The van der Waals surface area contributed by atoms with Gasteiger partial charge in [-0.25, -0.2) is 4.79 Å². The molecule has 0 aliphatic rings. The van der Waals surface area contributed by atoms with Gasteiger partial charge in [0.2, 0.25) is 0 Å². The average Bonchev–Trinajstić information content (AvgIpc) is 2.56. The Bertz CT molecular complexity index is 641. The minimum atomic E-state index is -0.777. The summed E-state index contributed by atoms with van der Waals surface area (Å²) in [6.45, 7) is 0. The lowest BCUT2D eigenvalue weighted by atomic mass is 10.1. The van der Waals surface area contributed by atoms with Gasteiger partial charge < -0.3 is 15.8 Å². The topological polar surface area (TPSA) is 94.3 Å². The Kier molecular flexibility index (Phi) is 5.08. The van der Waals surface area contributed by atoms with Crippen LogP contribution in [-0.2, 0) is 16.0 Å². The fourth-order valence-electron chi connectivity index (χ4n) is 1.96. The van der Waals surface area contributed by atoms with Crippen LogP contribution in [0.15, 0.2) is 48.8 Å². The van der Waals surface area contributed by atoms with Crippen molar-refractivity contribution in [2.45, 2.75) is 12.5 Å². The summed E-state index contributed by atoms with van der Waals surface area (Å²) < 4.78 is 4.75. The number of nitrogens with zero attached hydrogens (tertiary/aromatic N) is 1. The first-order valence-electron chi connectivity index (χ1n) is 6.73. The Morgan fingerprint density at radius 3 is 2.59 bits per heavy atom. The number of amides is 1. The third-order valence-corrected chi connectivity index (χ3v) is 3.13. The first kappa shape index (κ1) is 15.5. The van der Waals surface area contributed by atoms with Gasteiger partial charge in [0.1, 0.15) is 6.04 Å². The first-order valence-corrected chi connectivity index (χ1v) is 6.73. The van der Waals surface area contributed by atoms with Gasteiger partial charge in [0.05, 0.1) is 12.7 Å². The number of anilines is 1. The number of nitrogen functional groups attached to an aromatic ring is 1. The molecule has 1 amide bonds. The van der Waals surface area contributed by atoms with Crippen LogP contribution in [0.1, 0.15) is 15.9 Å². The van der Waals surface area contributed by atoms with Gasteiger partial charge in [-0.2, -0.15) is 0 Å². The van der Waals surface area contributed by atoms with Crippen LogP contribution >= 0.6 is 0 Å². The molecule has 1 aromatic carbocycles. The first-order chi connectivity index (χ1) is 10.6. The molecule has 0 aliphatic carbocycles. The second kappa shape index (κ2) is 7.21. The average molecular weight is 299 g/mol. The maximum atomic E-state index is 12.1. The number of hydrogen-bond donors (Lipinski definition) is 2. The minimum absolute atomic E-state index is 0.318. The van der Waals surface area contributed by atoms with Crippen LogP contribution < -0.4 is 11.1 Å². The number of pyridine rings is 1. The molecule has 6 heteroatoms. The fraction of sp³-hybridized carbons (Fsp3) is 0.188. The molecule has 114 valence electrons. The van der Waals surface area contributed by atoms with E-state index in [0.717, 1.165) is 5.56 Å². The van der Waals surface area contributed by atoms with E-state index in [2.05, 4.69) is 10.3 Å². The van der Waals surface area contributed by atoms with Crippen LogP contribution in [0.2, 0.25) is 0 Å². The van der Waals surface area contributed by atoms with Crippen LogP contribution in [0.4, 0.5) is 5.69 Å². The second-order valence-electron chi connectivity index (χ2n) is 4.74. The van der Waals surface area contributed by atoms with Gasteiger partial charge >= 0.3 is 5.97 Å². The van der Waals surface area contributed by atoms with E-state index >= 15 is 0 Å². The Labute approximate surface area is 128 Å². The molecule has 1 heterocycles. The third kappa shape index (κ3) is 4.05. The molecule has 3 N–H and O–H groups in total. The summed E-state index contributed by atoms with van der Waals surface area (Å²) in [5.74, 6) is -0.881. The molecular weight excluding hydrogens is 282 g/mol. The van der Waals surface area contributed by atoms with Gasteiger partial charge in [0, 0.05) is 24.5 Å². The Morgan fingerprint density at radius 1 is 1.27 bits per heavy atom. The molecule has 0 fully saturated rings. The molecule has 1 aromatic heterocycles. The van der Waals surface area contributed by atoms with Crippen LogP contribution in [0.25, 0.3) is 0 Å². The number of aromatic nitrogens is 1. The van der Waals surface area contributed by atoms with Crippen molar-refractivity contribution in [3.63, 3.8) is 0 Å². The molecule has 0 bridgehead atoms. The van der Waals surface area contributed by atoms with Crippen LogP contribution in [0, 0.1) is 0 Å². The molecule has 1 atom stereocenters. The molecule has 0 unspecified atom stereocenters. The summed E-state index contributed by atoms with van der Waals surface area (Å²) >= 11 is 0. The highest BCUT2D eigenvalue weighted by Crippen LogP contribution is 2.09. The van der Waals surface area contributed by atoms with E-state index < -0.39 is 12.0 Å². The van der Waals surface area contributed by atoms with E-state index in [4.69, 9.17) is 10.5 Å². The van der Waals surface area contributed by atoms with Gasteiger partial charge in [-0.3, -0.25) is 9.78 Å². The molecule has 6 nitrogen and oxygen atoms in total. The van der Waals surface area contributed by atoms with E-state index in [1.165, 1.54) is 13.3 Å². The molecule has 2 aromatic rings. The second-order valence-corrected chi connectivity index (χ2v) is 4.74. The lowest BCUT2D eigenvalue weighted by Crippen LogP contribution is -2.43. The van der Waals surface area contributed by atoms with Crippen molar-refractivity contribution in [1.82, 2.24) is 10.3 Å². The standard InChI is InChI=1S/C16H17N3O3/c1-22-16(21)14(9-11-4-6-13(17)7-5-11)19-15(20)12-3-2-8-18-10-12/h2-8,10,14H,9,17H2,1H3,(H,19,20)/t14-/m0/s1. The number of methoxy groups -OCH3 is 1. The van der Waals surface area contributed by atoms with Crippen molar-refractivity contribution in [1.29, 1.82) is 0 Å². The molecule has 0 saturated heterocycles. The smallest absolute Gasteiger partial charge is 0.328 e. The molecule has 22 heavy (non-hydrogen) atoms. The summed E-state index contributed by atoms with van der Waals surface area (Å²) in [7, 11) is 1.29. The van der Waals surface area contributed by atoms with Gasteiger partial charge in [0.15, 0.2) is 0 Å². The van der Waals surface area contributed by atoms with E-state index in [1.54, 1.807) is 30.5 Å². The fourth-order valence-corrected chi connectivity index (χ4v) is 1.96. The summed E-state index contributed by atoms with van der Waals surface area (Å²) in [4.78, 5) is 27.9. The zero-order chi connectivity index (χ0) is 15.9. The SMILES string of the molecule is COC(=O)[C@H](Cc1ccc(N)cc1)NC(=O)c1cccnc1. The van der Waals surface area contributed by atoms with Crippen LogP contribution in [0.5, 0.6) is 0 Å². The number of hydrogen-bond acceptors (Lipinski definition) is 5. The van der Waals surface area contributed by atoms with E-state index in [9.17, 15) is 9.59 Å². The van der Waals surface area contributed by atoms with Crippen molar-refractivity contribution in [3.8, 4) is 0 Å². The number of esters is 1. The molecular formula is C16H17N3O3. The highest BCUT2D eigenvalue weighted by atomic mass is 16.5. The minimum Gasteiger partial charge on any atom is -0.467 e. The van der Waals surface area contributed by atoms with Crippen molar-refractivity contribution in [2.24, 2.45) is 0 Å². The predicted octanol–water partition coefficient (Wildman–Crippen LogP) is 1.18. The van der Waals surface area contributed by atoms with Crippen molar-refractivity contribution in [3.05, 3.63) is 59.9 Å². The Hall–Kier alpha value is -2.89. The Morgan fingerprint density at radius 2 is 2.00 bits per heavy atom. The van der Waals surface area contributed by atoms with E-state index in [0.29, 0.717) is 17.7 Å². The van der Waals surface area contributed by atoms with Gasteiger partial charge in [-0.05, 0) is 29.8 Å². The summed E-state index contributed by atoms with van der Waals surface area (Å²) in [5.41, 5.74) is 7.52. The van der Waals surface area contributed by atoms with Crippen molar-refractivity contribution < 1.29 is 14.3 Å². The zero-order valence-corrected chi connectivity index (χ0v) is 12.2. The highest BCUT2D eigenvalue weighted by molar-refractivity contribution is 5.96. The van der Waals surface area contributed by atoms with Crippen molar-refractivity contribution >= 4 is 17.6 Å². The normalized spacial score (nSPS) is 11.5. The van der Waals surface area contributed by atoms with E-state index in [-0.39, 0.29) is 5.91 Å². The van der Waals surface area contributed by atoms with Crippen LogP contribution in [0.3, 0.4) is 0 Å². The van der Waals surface area contributed by atoms with Crippen molar-refractivity contribution in [2.75, 3.05) is 12.8 Å². The number of benzene rings is 1. The highest BCUT2D eigenvalue weighted by Gasteiger charge is 2.22. The van der Waals surface area contributed by atoms with E-state index in [1.807, 2.05) is 12.1 Å².